The summed E-state index contributed by atoms with van der Waals surface area (Å²) in [5.74, 6) is -1.59. The lowest BCUT2D eigenvalue weighted by atomic mass is 10.0. The highest BCUT2D eigenvalue weighted by Crippen LogP contribution is 2.40. The number of benzene rings is 2. The molecule has 2 aromatic carbocycles. The van der Waals surface area contributed by atoms with Gasteiger partial charge >= 0.3 is 0 Å². The van der Waals surface area contributed by atoms with Crippen LogP contribution in [0.3, 0.4) is 0 Å². The van der Waals surface area contributed by atoms with Gasteiger partial charge in [-0.25, -0.2) is 8.78 Å². The van der Waals surface area contributed by atoms with E-state index in [0.29, 0.717) is 4.88 Å². The zero-order valence-electron chi connectivity index (χ0n) is 15.9. The maximum absolute atomic E-state index is 13.9. The first-order valence-electron chi connectivity index (χ1n) is 9.33. The number of anilines is 1. The Morgan fingerprint density at radius 3 is 2.46 bits per heavy atom. The minimum atomic E-state index is -0.674. The van der Waals surface area contributed by atoms with Crippen LogP contribution in [0, 0.1) is 11.6 Å². The van der Waals surface area contributed by atoms with E-state index in [1.165, 1.54) is 40.7 Å². The normalized spacial score (nSPS) is 12.9. The molecule has 1 aromatic heterocycles. The number of rotatable bonds is 4. The van der Waals surface area contributed by atoms with Crippen molar-refractivity contribution in [3.05, 3.63) is 75.7 Å². The van der Waals surface area contributed by atoms with Crippen molar-refractivity contribution in [2.75, 3.05) is 19.0 Å². The van der Waals surface area contributed by atoms with Crippen LogP contribution in [0.25, 0.3) is 10.4 Å². The highest BCUT2D eigenvalue weighted by atomic mass is 32.1. The summed E-state index contributed by atoms with van der Waals surface area (Å²) in [4.78, 5) is 16.5. The van der Waals surface area contributed by atoms with Crippen molar-refractivity contribution in [3.63, 3.8) is 0 Å². The summed E-state index contributed by atoms with van der Waals surface area (Å²) in [6, 6.07) is 12.0. The summed E-state index contributed by atoms with van der Waals surface area (Å²) in [5, 5.41) is 0. The number of thiophene rings is 1. The second-order valence-electron chi connectivity index (χ2n) is 7.35. The van der Waals surface area contributed by atoms with Crippen molar-refractivity contribution in [3.8, 4) is 10.4 Å². The van der Waals surface area contributed by atoms with Crippen molar-refractivity contribution in [1.82, 2.24) is 0 Å². The van der Waals surface area contributed by atoms with E-state index in [9.17, 15) is 13.6 Å². The number of aryl methyl sites for hydroxylation is 2. The van der Waals surface area contributed by atoms with Gasteiger partial charge in [-0.2, -0.15) is 0 Å². The van der Waals surface area contributed by atoms with E-state index in [0.717, 1.165) is 35.4 Å². The van der Waals surface area contributed by atoms with Gasteiger partial charge in [0.05, 0.1) is 4.88 Å². The van der Waals surface area contributed by atoms with Crippen molar-refractivity contribution >= 4 is 22.8 Å². The third kappa shape index (κ3) is 3.47. The first kappa shape index (κ1) is 18.8. The van der Waals surface area contributed by atoms with E-state index >= 15 is 0 Å². The Balaban J connectivity index is 1.71. The molecule has 0 amide bonds. The lowest BCUT2D eigenvalue weighted by Crippen LogP contribution is -2.08. The van der Waals surface area contributed by atoms with Gasteiger partial charge in [-0.3, -0.25) is 4.79 Å². The molecule has 0 atom stereocenters. The average Bonchev–Trinajstić information content (AvgIpc) is 3.01. The summed E-state index contributed by atoms with van der Waals surface area (Å²) in [7, 11) is 4.01. The van der Waals surface area contributed by atoms with Gasteiger partial charge in [-0.05, 0) is 66.3 Å². The van der Waals surface area contributed by atoms with E-state index in [1.807, 2.05) is 20.2 Å². The molecule has 0 aliphatic heterocycles. The Kier molecular flexibility index (Phi) is 5.02. The first-order valence-corrected chi connectivity index (χ1v) is 10.1. The lowest BCUT2D eigenvalue weighted by molar-refractivity contribution is 0.0994. The third-order valence-electron chi connectivity index (χ3n) is 5.23. The summed E-state index contributed by atoms with van der Waals surface area (Å²) in [6.07, 6.45) is 2.67. The van der Waals surface area contributed by atoms with Crippen LogP contribution in [0.4, 0.5) is 14.5 Å². The zero-order chi connectivity index (χ0) is 19.8. The monoisotopic (exact) mass is 397 g/mol. The van der Waals surface area contributed by atoms with E-state index in [-0.39, 0.29) is 17.8 Å². The Bertz CT molecular complexity index is 1030. The number of nitrogens with zero attached hydrogens (tertiary/aromatic N) is 1. The molecule has 0 spiro atoms. The molecule has 0 unspecified atom stereocenters. The van der Waals surface area contributed by atoms with E-state index in [2.05, 4.69) is 23.1 Å². The smallest absolute Gasteiger partial charge is 0.177 e. The number of ketones is 1. The second kappa shape index (κ2) is 7.47. The number of fused-ring (bicyclic) bond motifs is 3. The average molecular weight is 397 g/mol. The van der Waals surface area contributed by atoms with Gasteiger partial charge in [0.1, 0.15) is 11.6 Å². The predicted molar refractivity (Wildman–Crippen MR) is 110 cm³/mol. The number of halogens is 2. The molecule has 1 aliphatic carbocycles. The molecule has 0 saturated carbocycles. The van der Waals surface area contributed by atoms with Gasteiger partial charge in [0.25, 0.3) is 0 Å². The van der Waals surface area contributed by atoms with Crippen LogP contribution < -0.4 is 4.90 Å². The molecule has 5 heteroatoms. The van der Waals surface area contributed by atoms with Gasteiger partial charge in [0.15, 0.2) is 5.78 Å². The molecule has 0 N–H and O–H groups in total. The Labute approximate surface area is 167 Å². The molecule has 0 fully saturated rings. The molecule has 2 nitrogen and oxygen atoms in total. The van der Waals surface area contributed by atoms with Crippen molar-refractivity contribution in [1.29, 1.82) is 0 Å². The fourth-order valence-corrected chi connectivity index (χ4v) is 4.87. The lowest BCUT2D eigenvalue weighted by Gasteiger charge is -2.15. The van der Waals surface area contributed by atoms with Crippen LogP contribution in [-0.4, -0.2) is 19.9 Å². The van der Waals surface area contributed by atoms with Gasteiger partial charge in [0, 0.05) is 36.6 Å². The largest absolute Gasteiger partial charge is 0.378 e. The number of carbonyl (C=O) groups excluding carboxylic acids is 1. The third-order valence-corrected chi connectivity index (χ3v) is 6.48. The standard InChI is InChI=1S/C23H21F2NOS/c1-26(2)16-10-9-14-5-3-6-15-11-22(28-23(15)17(14)12-16)21(27)13-18-19(24)7-4-8-20(18)25/h4,7-12H,3,5-6,13H2,1-2H3. The summed E-state index contributed by atoms with van der Waals surface area (Å²) < 4.78 is 27.9. The molecule has 0 radical (unpaired) electrons. The second-order valence-corrected chi connectivity index (χ2v) is 8.41. The van der Waals surface area contributed by atoms with Crippen molar-refractivity contribution in [2.24, 2.45) is 0 Å². The molecular weight excluding hydrogens is 376 g/mol. The molecule has 1 aliphatic rings. The summed E-state index contributed by atoms with van der Waals surface area (Å²) in [6.45, 7) is 0. The molecule has 28 heavy (non-hydrogen) atoms. The minimum Gasteiger partial charge on any atom is -0.378 e. The molecule has 3 aromatic rings. The van der Waals surface area contributed by atoms with Crippen LogP contribution in [0.2, 0.25) is 0 Å². The van der Waals surface area contributed by atoms with Crippen LogP contribution in [0.15, 0.2) is 42.5 Å². The molecule has 0 saturated heterocycles. The van der Waals surface area contributed by atoms with Crippen LogP contribution in [0.5, 0.6) is 0 Å². The quantitative estimate of drug-likeness (QED) is 0.529. The molecule has 1 heterocycles. The van der Waals surface area contributed by atoms with E-state index in [1.54, 1.807) is 0 Å². The number of hydrogen-bond acceptors (Lipinski definition) is 3. The van der Waals surface area contributed by atoms with Crippen LogP contribution in [-0.2, 0) is 19.3 Å². The summed E-state index contributed by atoms with van der Waals surface area (Å²) >= 11 is 1.44. The van der Waals surface area contributed by atoms with Gasteiger partial charge in [-0.15, -0.1) is 11.3 Å². The number of hydrogen-bond donors (Lipinski definition) is 0. The zero-order valence-corrected chi connectivity index (χ0v) is 16.7. The van der Waals surface area contributed by atoms with Gasteiger partial charge in [-0.1, -0.05) is 12.1 Å². The van der Waals surface area contributed by atoms with Crippen LogP contribution >= 0.6 is 11.3 Å². The van der Waals surface area contributed by atoms with Crippen LogP contribution in [0.1, 0.15) is 32.8 Å². The number of carbonyl (C=O) groups is 1. The molecule has 144 valence electrons. The van der Waals surface area contributed by atoms with Gasteiger partial charge in [0.2, 0.25) is 0 Å². The first-order chi connectivity index (χ1) is 13.4. The van der Waals surface area contributed by atoms with Crippen molar-refractivity contribution < 1.29 is 13.6 Å². The number of Topliss-reactive ketones (excluding diaryl/α,β-unsaturated/α-hetero) is 1. The fraction of sp³-hybridized carbons (Fsp3) is 0.261. The van der Waals surface area contributed by atoms with E-state index < -0.39 is 11.6 Å². The minimum absolute atomic E-state index is 0.161. The van der Waals surface area contributed by atoms with Crippen molar-refractivity contribution in [2.45, 2.75) is 25.7 Å². The molecule has 0 bridgehead atoms. The SMILES string of the molecule is CN(C)c1ccc2c(c1)-c1sc(C(=O)Cc3c(F)cccc3F)cc1CCC2. The highest BCUT2D eigenvalue weighted by molar-refractivity contribution is 7.17. The van der Waals surface area contributed by atoms with Gasteiger partial charge < -0.3 is 4.90 Å². The predicted octanol–water partition coefficient (Wildman–Crippen LogP) is 5.67. The topological polar surface area (TPSA) is 20.3 Å². The maximum Gasteiger partial charge on any atom is 0.177 e. The highest BCUT2D eigenvalue weighted by Gasteiger charge is 2.22. The Hall–Kier alpha value is -2.53. The Morgan fingerprint density at radius 2 is 1.75 bits per heavy atom. The summed E-state index contributed by atoms with van der Waals surface area (Å²) in [5.41, 5.74) is 4.55. The molecular formula is C23H21F2NOS. The Morgan fingerprint density at radius 1 is 1.04 bits per heavy atom. The fourth-order valence-electron chi connectivity index (χ4n) is 3.67. The van der Waals surface area contributed by atoms with E-state index in [4.69, 9.17) is 0 Å². The maximum atomic E-state index is 13.9. The molecule has 4 rings (SSSR count).